The lowest BCUT2D eigenvalue weighted by molar-refractivity contribution is 0.590. The van der Waals surface area contributed by atoms with Gasteiger partial charge in [-0.3, -0.25) is 0 Å². The predicted molar refractivity (Wildman–Crippen MR) is 317 cm³/mol. The summed E-state index contributed by atoms with van der Waals surface area (Å²) in [7, 11) is 0. The molecular formula is C68H71BN4. The van der Waals surface area contributed by atoms with Crippen molar-refractivity contribution in [2.75, 3.05) is 14.7 Å². The molecule has 3 aliphatic heterocycles. The summed E-state index contributed by atoms with van der Waals surface area (Å²) in [6.45, 7) is 23.4. The van der Waals surface area contributed by atoms with Crippen molar-refractivity contribution in [2.24, 2.45) is 0 Å². The second-order valence-electron chi connectivity index (χ2n) is 24.3. The Balaban J connectivity index is 1.41. The zero-order valence-electron chi connectivity index (χ0n) is 69.9. The van der Waals surface area contributed by atoms with Crippen LogP contribution in [0.3, 0.4) is 0 Å². The highest BCUT2D eigenvalue weighted by Gasteiger charge is 2.47. The molecule has 0 N–H and O–H groups in total. The summed E-state index contributed by atoms with van der Waals surface area (Å²) < 4.78 is 261. The van der Waals surface area contributed by atoms with Gasteiger partial charge in [-0.05, 0) is 162 Å². The normalized spacial score (nSPS) is 19.1. The van der Waals surface area contributed by atoms with E-state index in [1.807, 2.05) is 0 Å². The molecule has 8 aromatic carbocycles. The zero-order valence-corrected chi connectivity index (χ0v) is 43.9. The Morgan fingerprint density at radius 1 is 0.384 bits per heavy atom. The lowest BCUT2D eigenvalue weighted by Crippen LogP contribution is -2.62. The number of benzene rings is 8. The van der Waals surface area contributed by atoms with Crippen molar-refractivity contribution >= 4 is 96.1 Å². The minimum Gasteiger partial charge on any atom is -0.311 e. The first-order chi connectivity index (χ1) is 45.3. The second kappa shape index (κ2) is 15.8. The SMILES string of the molecule is [2H]c1c([2H])c([2H])c(N2c3c([2H])c(N(c4c([2H])c([2H])c(C(C)(C)C)c([2H])c4[2H])c4c([2H])c([2H])c(C(C)(C)C)c([2H])c4[2H])c([2H])c([2H])c3B3c4c2c([2H])c(C(C)(C)C)c([2H])c4N2c4c3c([2H])c([2H])c([2H])c4-n3c4c([2H])c([2H])c(C(C)(C)C)c([2H])c4c4c([2H])c(C(C)(C)C)c([2H])c2c43)c([2H])c1[2H]. The summed E-state index contributed by atoms with van der Waals surface area (Å²) in [6.07, 6.45) is 0. The molecule has 73 heavy (non-hydrogen) atoms. The van der Waals surface area contributed by atoms with Crippen LogP contribution < -0.4 is 31.1 Å². The van der Waals surface area contributed by atoms with Crippen molar-refractivity contribution in [3.8, 4) is 5.69 Å². The summed E-state index contributed by atoms with van der Waals surface area (Å²) in [5.74, 6) is 0. The molecule has 9 aromatic rings. The Bertz CT molecular complexity index is 5100. The van der Waals surface area contributed by atoms with Gasteiger partial charge in [0, 0.05) is 50.6 Å². The second-order valence-corrected chi connectivity index (χ2v) is 24.3. The fraction of sp³-hybridized carbons (Fsp3) is 0.294. The average Bonchev–Trinajstić information content (AvgIpc) is 1.65. The molecule has 5 heteroatoms. The molecule has 4 heterocycles. The van der Waals surface area contributed by atoms with E-state index in [0.717, 1.165) is 4.90 Å². The summed E-state index contributed by atoms with van der Waals surface area (Å²) in [4.78, 5) is 3.00. The highest BCUT2D eigenvalue weighted by Crippen LogP contribution is 2.55. The van der Waals surface area contributed by atoms with Gasteiger partial charge in [0.05, 0.1) is 63.7 Å². The predicted octanol–water partition coefficient (Wildman–Crippen LogP) is 17.1. The minimum absolute atomic E-state index is 0.00685. The fourth-order valence-electron chi connectivity index (χ4n) is 9.70. The largest absolute Gasteiger partial charge is 0.311 e. The Morgan fingerprint density at radius 3 is 1.47 bits per heavy atom. The molecule has 0 saturated heterocycles. The van der Waals surface area contributed by atoms with Crippen molar-refractivity contribution < 1.29 is 35.6 Å². The van der Waals surface area contributed by atoms with Crippen LogP contribution in [0.25, 0.3) is 27.5 Å². The van der Waals surface area contributed by atoms with E-state index in [9.17, 15) is 34.3 Å². The maximum Gasteiger partial charge on any atom is 0.252 e. The summed E-state index contributed by atoms with van der Waals surface area (Å²) >= 11 is 0. The number of fused-ring (bicyclic) bond motifs is 9. The van der Waals surface area contributed by atoms with Crippen LogP contribution in [0.1, 0.15) is 167 Å². The first-order valence-electron chi connectivity index (χ1n) is 37.5. The maximum absolute atomic E-state index is 11.1. The summed E-state index contributed by atoms with van der Waals surface area (Å²) in [5.41, 5.74) is -12.8. The van der Waals surface area contributed by atoms with Crippen LogP contribution in [-0.4, -0.2) is 11.3 Å². The topological polar surface area (TPSA) is 14.7 Å². The molecule has 0 spiro atoms. The maximum atomic E-state index is 11.1. The molecule has 3 aliphatic rings. The molecule has 366 valence electrons. The van der Waals surface area contributed by atoms with Gasteiger partial charge in [-0.25, -0.2) is 0 Å². The number of hydrogen-bond donors (Lipinski definition) is 0. The van der Waals surface area contributed by atoms with Gasteiger partial charge < -0.3 is 19.3 Å². The van der Waals surface area contributed by atoms with Gasteiger partial charge in [-0.15, -0.1) is 0 Å². The van der Waals surface area contributed by atoms with E-state index in [4.69, 9.17) is 1.37 Å². The molecule has 0 bridgehead atoms. The van der Waals surface area contributed by atoms with Crippen LogP contribution in [0.5, 0.6) is 0 Å². The molecule has 0 fully saturated rings. The lowest BCUT2D eigenvalue weighted by atomic mass is 9.33. The van der Waals surface area contributed by atoms with Crippen molar-refractivity contribution in [3.05, 3.63) is 185 Å². The van der Waals surface area contributed by atoms with Crippen LogP contribution in [0, 0.1) is 0 Å². The molecule has 0 unspecified atom stereocenters. The number of nitrogens with zero attached hydrogens (tertiary/aromatic N) is 4. The van der Waals surface area contributed by atoms with Gasteiger partial charge in [0.2, 0.25) is 0 Å². The summed E-state index contributed by atoms with van der Waals surface area (Å²) in [6, 6.07) is -19.0. The molecular weight excluding hydrogens is 884 g/mol. The monoisotopic (exact) mass is 981 g/mol. The van der Waals surface area contributed by atoms with Crippen molar-refractivity contribution in [2.45, 2.75) is 131 Å². The van der Waals surface area contributed by atoms with Crippen LogP contribution in [-0.2, 0) is 27.1 Å². The number of aromatic nitrogens is 1. The Kier molecular flexibility index (Phi) is 5.68. The molecule has 12 rings (SSSR count). The van der Waals surface area contributed by atoms with Crippen LogP contribution in [0.4, 0.5) is 51.2 Å². The van der Waals surface area contributed by atoms with E-state index in [0.29, 0.717) is 4.90 Å². The third kappa shape index (κ3) is 7.38. The van der Waals surface area contributed by atoms with Crippen molar-refractivity contribution in [3.63, 3.8) is 0 Å². The molecule has 0 amide bonds. The molecule has 0 atom stereocenters. The highest BCUT2D eigenvalue weighted by molar-refractivity contribution is 7.00. The van der Waals surface area contributed by atoms with Gasteiger partial charge in [0.25, 0.3) is 6.71 Å². The van der Waals surface area contributed by atoms with Crippen LogP contribution >= 0.6 is 0 Å². The third-order valence-electron chi connectivity index (χ3n) is 13.7. The van der Waals surface area contributed by atoms with Gasteiger partial charge in [0.1, 0.15) is 0 Å². The smallest absolute Gasteiger partial charge is 0.252 e. The van der Waals surface area contributed by atoms with Gasteiger partial charge in [-0.2, -0.15) is 0 Å². The first kappa shape index (κ1) is 26.3. The quantitative estimate of drug-likeness (QED) is 0.163. The van der Waals surface area contributed by atoms with E-state index in [1.54, 1.807) is 104 Å². The highest BCUT2D eigenvalue weighted by atomic mass is 15.2. The standard InChI is InChI=1S/C68H71BN4/c1-64(2,3)42-24-29-48(30-25-42)70(49-31-26-43(27-32-49)65(4,5)6)50-33-34-53-57(41-50)71(47-20-17-16-18-21-47)58-38-46(68(13,14)15)39-59-61(58)69(53)54-22-19-23-56-63(54)73(59)60-40-45(67(10,11)12)37-52-51-36-44(66(7,8)9)28-35-55(51)72(56)62(52)60/h16-41H,1-15H3/i16D,17D,18D,19D,20D,21D,22D,23D,24D,25D,26D,27D,28D,29D,30D,31D,32D,33D,34D,35D,36D,37D,38D,39D,40D,41D. The third-order valence-corrected chi connectivity index (χ3v) is 13.7. The number of anilines is 9. The molecule has 0 saturated carbocycles. The van der Waals surface area contributed by atoms with Crippen molar-refractivity contribution in [1.82, 2.24) is 4.57 Å². The summed E-state index contributed by atoms with van der Waals surface area (Å²) in [5, 5.41) is -0.0370. The van der Waals surface area contributed by atoms with E-state index in [1.165, 1.54) is 9.47 Å². The van der Waals surface area contributed by atoms with E-state index >= 15 is 0 Å². The Morgan fingerprint density at radius 2 is 0.890 bits per heavy atom. The van der Waals surface area contributed by atoms with E-state index < -0.39 is 206 Å². The lowest BCUT2D eigenvalue weighted by Gasteiger charge is -2.47. The van der Waals surface area contributed by atoms with Crippen LogP contribution in [0.15, 0.2) is 157 Å². The van der Waals surface area contributed by atoms with E-state index in [2.05, 4.69) is 0 Å². The Hall–Kier alpha value is -6.98. The molecule has 0 radical (unpaired) electrons. The number of rotatable bonds is 4. The average molecular weight is 981 g/mol. The van der Waals surface area contributed by atoms with E-state index in [-0.39, 0.29) is 107 Å². The van der Waals surface area contributed by atoms with Gasteiger partial charge in [-0.1, -0.05) is 170 Å². The molecule has 1 aromatic heterocycles. The number of para-hydroxylation sites is 2. The van der Waals surface area contributed by atoms with Gasteiger partial charge >= 0.3 is 0 Å². The van der Waals surface area contributed by atoms with Crippen LogP contribution in [0.2, 0.25) is 0 Å². The van der Waals surface area contributed by atoms with Gasteiger partial charge in [0.15, 0.2) is 0 Å². The molecule has 0 aliphatic carbocycles. The van der Waals surface area contributed by atoms with Crippen molar-refractivity contribution in [1.29, 1.82) is 0 Å². The number of hydrogen-bond acceptors (Lipinski definition) is 3. The fourth-order valence-corrected chi connectivity index (χ4v) is 9.70. The zero-order chi connectivity index (χ0) is 74.1. The first-order valence-corrected chi connectivity index (χ1v) is 24.5. The molecule has 4 nitrogen and oxygen atoms in total. The Labute approximate surface area is 471 Å². The minimum atomic E-state index is -1.93.